The van der Waals surface area contributed by atoms with Gasteiger partial charge < -0.3 is 14.8 Å². The van der Waals surface area contributed by atoms with Crippen LogP contribution in [0.3, 0.4) is 0 Å². The minimum atomic E-state index is -3.72. The summed E-state index contributed by atoms with van der Waals surface area (Å²) in [4.78, 5) is 12.3. The van der Waals surface area contributed by atoms with Crippen LogP contribution in [0.1, 0.15) is 19.8 Å². The van der Waals surface area contributed by atoms with E-state index >= 15 is 0 Å². The standard InChI is InChI=1S/C20H22Cl2N2O5S/c1-2-28-18-8-6-15(12-19(18)30(26,27)24-9-3-4-10-24)23-20(25)13-29-17-7-5-14(21)11-16(17)22/h5-8,11-12H,2-4,9-10,13H2,1H3,(H,23,25). The molecule has 1 aliphatic heterocycles. The predicted octanol–water partition coefficient (Wildman–Crippen LogP) is 4.19. The average Bonchev–Trinajstić information content (AvgIpc) is 3.24. The number of sulfonamides is 1. The fraction of sp³-hybridized carbons (Fsp3) is 0.350. The van der Waals surface area contributed by atoms with Crippen LogP contribution >= 0.6 is 23.2 Å². The number of carbonyl (C=O) groups is 1. The van der Waals surface area contributed by atoms with Gasteiger partial charge in [0.15, 0.2) is 6.61 Å². The fourth-order valence-electron chi connectivity index (χ4n) is 3.06. The Bertz CT molecular complexity index is 1020. The van der Waals surface area contributed by atoms with Crippen LogP contribution < -0.4 is 14.8 Å². The van der Waals surface area contributed by atoms with Crippen molar-refractivity contribution in [3.05, 3.63) is 46.4 Å². The molecule has 0 aromatic heterocycles. The number of amides is 1. The summed E-state index contributed by atoms with van der Waals surface area (Å²) in [5.41, 5.74) is 0.326. The maximum Gasteiger partial charge on any atom is 0.262 e. The van der Waals surface area contributed by atoms with E-state index in [2.05, 4.69) is 5.32 Å². The smallest absolute Gasteiger partial charge is 0.262 e. The van der Waals surface area contributed by atoms with E-state index < -0.39 is 15.9 Å². The third-order valence-corrected chi connectivity index (χ3v) is 6.91. The van der Waals surface area contributed by atoms with Crippen molar-refractivity contribution in [3.63, 3.8) is 0 Å². The zero-order valence-corrected chi connectivity index (χ0v) is 18.7. The number of benzene rings is 2. The van der Waals surface area contributed by atoms with E-state index in [0.717, 1.165) is 12.8 Å². The lowest BCUT2D eigenvalue weighted by Gasteiger charge is -2.19. The zero-order chi connectivity index (χ0) is 21.7. The summed E-state index contributed by atoms with van der Waals surface area (Å²) >= 11 is 11.9. The lowest BCUT2D eigenvalue weighted by Crippen LogP contribution is -2.28. The number of nitrogens with zero attached hydrogens (tertiary/aromatic N) is 1. The van der Waals surface area contributed by atoms with Gasteiger partial charge >= 0.3 is 0 Å². The Morgan fingerprint density at radius 1 is 1.07 bits per heavy atom. The largest absolute Gasteiger partial charge is 0.492 e. The van der Waals surface area contributed by atoms with Gasteiger partial charge in [0.1, 0.15) is 16.4 Å². The molecule has 2 aromatic rings. The molecule has 0 bridgehead atoms. The van der Waals surface area contributed by atoms with Gasteiger partial charge in [-0.25, -0.2) is 8.42 Å². The third kappa shape index (κ3) is 5.37. The van der Waals surface area contributed by atoms with Crippen LogP contribution in [-0.2, 0) is 14.8 Å². The molecule has 0 atom stereocenters. The molecule has 0 aliphatic carbocycles. The minimum Gasteiger partial charge on any atom is -0.492 e. The molecule has 1 amide bonds. The quantitative estimate of drug-likeness (QED) is 0.622. The molecular weight excluding hydrogens is 451 g/mol. The molecule has 0 radical (unpaired) electrons. The monoisotopic (exact) mass is 472 g/mol. The lowest BCUT2D eigenvalue weighted by molar-refractivity contribution is -0.118. The van der Waals surface area contributed by atoms with E-state index in [-0.39, 0.29) is 22.3 Å². The van der Waals surface area contributed by atoms with E-state index in [1.54, 1.807) is 31.2 Å². The first-order valence-corrected chi connectivity index (χ1v) is 11.7. The van der Waals surface area contributed by atoms with Crippen molar-refractivity contribution in [2.75, 3.05) is 31.6 Å². The van der Waals surface area contributed by atoms with Crippen LogP contribution in [0, 0.1) is 0 Å². The van der Waals surface area contributed by atoms with E-state index in [9.17, 15) is 13.2 Å². The Hall–Kier alpha value is -2.00. The van der Waals surface area contributed by atoms with E-state index in [0.29, 0.717) is 36.2 Å². The number of rotatable bonds is 8. The van der Waals surface area contributed by atoms with Gasteiger partial charge in [0.2, 0.25) is 10.0 Å². The molecule has 0 spiro atoms. The van der Waals surface area contributed by atoms with Crippen molar-refractivity contribution in [1.29, 1.82) is 0 Å². The number of hydrogen-bond acceptors (Lipinski definition) is 5. The Labute approximate surface area is 185 Å². The second kappa shape index (κ2) is 9.87. The van der Waals surface area contributed by atoms with Crippen molar-refractivity contribution in [2.24, 2.45) is 0 Å². The van der Waals surface area contributed by atoms with Crippen LogP contribution in [0.15, 0.2) is 41.3 Å². The van der Waals surface area contributed by atoms with Crippen molar-refractivity contribution >= 4 is 44.8 Å². The van der Waals surface area contributed by atoms with Gasteiger partial charge in [-0.2, -0.15) is 4.31 Å². The van der Waals surface area contributed by atoms with Gasteiger partial charge in [-0.1, -0.05) is 23.2 Å². The fourth-order valence-corrected chi connectivity index (χ4v) is 5.20. The molecule has 10 heteroatoms. The minimum absolute atomic E-state index is 0.0331. The summed E-state index contributed by atoms with van der Waals surface area (Å²) < 4.78 is 38.4. The highest BCUT2D eigenvalue weighted by molar-refractivity contribution is 7.89. The molecule has 1 aliphatic rings. The molecule has 30 heavy (non-hydrogen) atoms. The second-order valence-electron chi connectivity index (χ2n) is 6.62. The first-order chi connectivity index (χ1) is 14.3. The number of ether oxygens (including phenoxy) is 2. The first kappa shape index (κ1) is 22.7. The maximum atomic E-state index is 13.0. The molecule has 0 unspecified atom stereocenters. The SMILES string of the molecule is CCOc1ccc(NC(=O)COc2ccc(Cl)cc2Cl)cc1S(=O)(=O)N1CCCC1. The summed E-state index contributed by atoms with van der Waals surface area (Å²) in [5.74, 6) is 0.113. The molecule has 162 valence electrons. The zero-order valence-electron chi connectivity index (χ0n) is 16.4. The Balaban J connectivity index is 1.75. The van der Waals surface area contributed by atoms with Crippen LogP contribution in [-0.4, -0.2) is 44.9 Å². The van der Waals surface area contributed by atoms with E-state index in [4.69, 9.17) is 32.7 Å². The van der Waals surface area contributed by atoms with Gasteiger partial charge in [0.05, 0.1) is 11.6 Å². The second-order valence-corrected chi connectivity index (χ2v) is 9.37. The van der Waals surface area contributed by atoms with E-state index in [1.165, 1.54) is 16.4 Å². The molecule has 1 N–H and O–H groups in total. The molecule has 1 fully saturated rings. The number of anilines is 1. The molecule has 7 nitrogen and oxygen atoms in total. The summed E-state index contributed by atoms with van der Waals surface area (Å²) in [6, 6.07) is 9.21. The highest BCUT2D eigenvalue weighted by Gasteiger charge is 2.30. The van der Waals surface area contributed by atoms with Gasteiger partial charge in [-0.15, -0.1) is 0 Å². The topological polar surface area (TPSA) is 84.9 Å². The summed E-state index contributed by atoms with van der Waals surface area (Å²) in [7, 11) is -3.72. The molecule has 1 saturated heterocycles. The van der Waals surface area contributed by atoms with Crippen LogP contribution in [0.25, 0.3) is 0 Å². The predicted molar refractivity (Wildman–Crippen MR) is 116 cm³/mol. The number of halogens is 2. The number of carbonyl (C=O) groups excluding carboxylic acids is 1. The molecular formula is C20H22Cl2N2O5S. The lowest BCUT2D eigenvalue weighted by atomic mass is 10.3. The van der Waals surface area contributed by atoms with Crippen LogP contribution in [0.2, 0.25) is 10.0 Å². The molecule has 0 saturated carbocycles. The van der Waals surface area contributed by atoms with Crippen molar-refractivity contribution in [1.82, 2.24) is 4.31 Å². The molecule has 3 rings (SSSR count). The van der Waals surface area contributed by atoms with Crippen molar-refractivity contribution in [2.45, 2.75) is 24.7 Å². The summed E-state index contributed by atoms with van der Waals surface area (Å²) in [5, 5.41) is 3.39. The number of nitrogens with one attached hydrogen (secondary N) is 1. The summed E-state index contributed by atoms with van der Waals surface area (Å²) in [6.45, 7) is 2.74. The van der Waals surface area contributed by atoms with E-state index in [1.807, 2.05) is 0 Å². The van der Waals surface area contributed by atoms with Crippen LogP contribution in [0.5, 0.6) is 11.5 Å². The Morgan fingerprint density at radius 2 is 1.77 bits per heavy atom. The Kier molecular flexibility index (Phi) is 7.46. The van der Waals surface area contributed by atoms with Gasteiger partial charge in [-0.05, 0) is 56.2 Å². The third-order valence-electron chi connectivity index (χ3n) is 4.46. The maximum absolute atomic E-state index is 13.0. The first-order valence-electron chi connectivity index (χ1n) is 9.46. The molecule has 2 aromatic carbocycles. The highest BCUT2D eigenvalue weighted by atomic mass is 35.5. The van der Waals surface area contributed by atoms with Gasteiger partial charge in [-0.3, -0.25) is 4.79 Å². The van der Waals surface area contributed by atoms with Crippen molar-refractivity contribution in [3.8, 4) is 11.5 Å². The summed E-state index contributed by atoms with van der Waals surface area (Å²) in [6.07, 6.45) is 1.65. The van der Waals surface area contributed by atoms with Crippen molar-refractivity contribution < 1.29 is 22.7 Å². The number of hydrogen-bond donors (Lipinski definition) is 1. The molecule has 1 heterocycles. The average molecular weight is 473 g/mol. The van der Waals surface area contributed by atoms with Crippen LogP contribution in [0.4, 0.5) is 5.69 Å². The van der Waals surface area contributed by atoms with Gasteiger partial charge in [0.25, 0.3) is 5.91 Å². The Morgan fingerprint density at radius 3 is 2.43 bits per heavy atom. The highest BCUT2D eigenvalue weighted by Crippen LogP contribution is 2.32. The normalized spacial score (nSPS) is 14.5. The van der Waals surface area contributed by atoms with Gasteiger partial charge in [0, 0.05) is 23.8 Å².